The van der Waals surface area contributed by atoms with Crippen molar-refractivity contribution in [3.63, 3.8) is 0 Å². The van der Waals surface area contributed by atoms with E-state index in [4.69, 9.17) is 9.47 Å². The minimum absolute atomic E-state index is 0.148. The molecule has 0 aliphatic carbocycles. The van der Waals surface area contributed by atoms with Gasteiger partial charge >= 0.3 is 0 Å². The summed E-state index contributed by atoms with van der Waals surface area (Å²) in [6.45, 7) is 5.72. The molecule has 3 heteroatoms. The Hall–Kier alpha value is -0.800. The van der Waals surface area contributed by atoms with Crippen molar-refractivity contribution in [1.29, 1.82) is 0 Å². The normalized spacial score (nSPS) is 27.9. The Labute approximate surface area is 103 Å². The predicted molar refractivity (Wildman–Crippen MR) is 66.5 cm³/mol. The summed E-state index contributed by atoms with van der Waals surface area (Å²) in [4.78, 5) is 0. The molecule has 1 aromatic rings. The topological polar surface area (TPSA) is 18.5 Å². The lowest BCUT2D eigenvalue weighted by Crippen LogP contribution is -2.40. The highest BCUT2D eigenvalue weighted by Crippen LogP contribution is 2.42. The number of benzene rings is 1. The first-order valence-corrected chi connectivity index (χ1v) is 6.28. The van der Waals surface area contributed by atoms with Crippen LogP contribution in [0.3, 0.4) is 0 Å². The number of rotatable bonds is 0. The summed E-state index contributed by atoms with van der Waals surface area (Å²) in [5.74, 6) is 1.34. The molecule has 2 heterocycles. The lowest BCUT2D eigenvalue weighted by molar-refractivity contribution is -0.0180. The van der Waals surface area contributed by atoms with Crippen LogP contribution in [-0.4, -0.2) is 19.3 Å². The second-order valence-electron chi connectivity index (χ2n) is 4.29. The Balaban J connectivity index is 2.03. The number of fused-ring (bicyclic) bond motifs is 2. The van der Waals surface area contributed by atoms with Crippen LogP contribution in [0.4, 0.5) is 0 Å². The summed E-state index contributed by atoms with van der Waals surface area (Å²) in [6, 6.07) is 6.08. The minimum Gasteiger partial charge on any atom is -0.487 e. The SMILES string of the molecule is C=C1c2cc(Br)ccc2OC2COCC[C@@H]12. The molecule has 1 unspecified atom stereocenters. The molecule has 0 amide bonds. The van der Waals surface area contributed by atoms with Gasteiger partial charge in [-0.1, -0.05) is 22.5 Å². The zero-order valence-electron chi connectivity index (χ0n) is 8.91. The standard InChI is InChI=1S/C13H13BrO2/c1-8-10-4-5-15-7-13(10)16-12-3-2-9(14)6-11(8)12/h2-3,6,10,13H,1,4-5,7H2/t10-,13?/m0/s1. The van der Waals surface area contributed by atoms with E-state index in [1.165, 1.54) is 5.57 Å². The molecule has 16 heavy (non-hydrogen) atoms. The average molecular weight is 281 g/mol. The molecule has 3 rings (SSSR count). The van der Waals surface area contributed by atoms with Crippen molar-refractivity contribution < 1.29 is 9.47 Å². The quantitative estimate of drug-likeness (QED) is 0.726. The smallest absolute Gasteiger partial charge is 0.129 e. The third kappa shape index (κ3) is 1.59. The highest BCUT2D eigenvalue weighted by atomic mass is 79.9. The molecule has 0 aromatic heterocycles. The molecule has 1 aromatic carbocycles. The molecule has 2 nitrogen and oxygen atoms in total. The maximum atomic E-state index is 5.95. The van der Waals surface area contributed by atoms with Crippen LogP contribution in [0.25, 0.3) is 5.57 Å². The fourth-order valence-corrected chi connectivity index (χ4v) is 2.81. The van der Waals surface area contributed by atoms with E-state index in [1.54, 1.807) is 0 Å². The predicted octanol–water partition coefficient (Wildman–Crippen LogP) is 3.26. The minimum atomic E-state index is 0.148. The fourth-order valence-electron chi connectivity index (χ4n) is 2.45. The molecule has 1 saturated heterocycles. The van der Waals surface area contributed by atoms with Gasteiger partial charge in [-0.05, 0) is 30.2 Å². The van der Waals surface area contributed by atoms with Crippen LogP contribution in [0, 0.1) is 5.92 Å². The van der Waals surface area contributed by atoms with Crippen molar-refractivity contribution in [3.05, 3.63) is 34.8 Å². The monoisotopic (exact) mass is 280 g/mol. The van der Waals surface area contributed by atoms with Gasteiger partial charge in [0.1, 0.15) is 11.9 Å². The van der Waals surface area contributed by atoms with Gasteiger partial charge in [0.2, 0.25) is 0 Å². The summed E-state index contributed by atoms with van der Waals surface area (Å²) in [5, 5.41) is 0. The van der Waals surface area contributed by atoms with E-state index in [0.717, 1.165) is 28.8 Å². The first kappa shape index (κ1) is 10.4. The second-order valence-corrected chi connectivity index (χ2v) is 5.21. The van der Waals surface area contributed by atoms with Gasteiger partial charge in [0.05, 0.1) is 6.61 Å². The third-order valence-electron chi connectivity index (χ3n) is 3.32. The number of hydrogen-bond donors (Lipinski definition) is 0. The lowest BCUT2D eigenvalue weighted by atomic mass is 9.83. The van der Waals surface area contributed by atoms with E-state index in [1.807, 2.05) is 12.1 Å². The van der Waals surface area contributed by atoms with Gasteiger partial charge in [0.15, 0.2) is 0 Å². The molecule has 84 valence electrons. The van der Waals surface area contributed by atoms with Gasteiger partial charge in [0.25, 0.3) is 0 Å². The van der Waals surface area contributed by atoms with Crippen LogP contribution in [0.15, 0.2) is 29.3 Å². The van der Waals surface area contributed by atoms with E-state index in [9.17, 15) is 0 Å². The maximum absolute atomic E-state index is 5.95. The molecule has 0 spiro atoms. The van der Waals surface area contributed by atoms with Gasteiger partial charge in [-0.15, -0.1) is 0 Å². The first-order valence-electron chi connectivity index (χ1n) is 5.49. The van der Waals surface area contributed by atoms with Gasteiger partial charge in [0, 0.05) is 22.6 Å². The van der Waals surface area contributed by atoms with Crippen molar-refractivity contribution in [3.8, 4) is 5.75 Å². The van der Waals surface area contributed by atoms with E-state index in [-0.39, 0.29) is 6.10 Å². The second kappa shape index (κ2) is 3.90. The highest BCUT2D eigenvalue weighted by molar-refractivity contribution is 9.10. The van der Waals surface area contributed by atoms with Gasteiger partial charge in [-0.2, -0.15) is 0 Å². The third-order valence-corrected chi connectivity index (χ3v) is 3.81. The molecule has 1 fully saturated rings. The first-order chi connectivity index (χ1) is 7.75. The molecule has 2 atom stereocenters. The molecule has 0 bridgehead atoms. The van der Waals surface area contributed by atoms with Crippen LogP contribution < -0.4 is 4.74 Å². The zero-order chi connectivity index (χ0) is 11.1. The Morgan fingerprint density at radius 3 is 3.12 bits per heavy atom. The van der Waals surface area contributed by atoms with Crippen molar-refractivity contribution in [1.82, 2.24) is 0 Å². The van der Waals surface area contributed by atoms with E-state index in [2.05, 4.69) is 28.6 Å². The van der Waals surface area contributed by atoms with Crippen LogP contribution in [-0.2, 0) is 4.74 Å². The van der Waals surface area contributed by atoms with Crippen LogP contribution in [0.5, 0.6) is 5.75 Å². The highest BCUT2D eigenvalue weighted by Gasteiger charge is 2.35. The number of halogens is 1. The summed E-state index contributed by atoms with van der Waals surface area (Å²) < 4.78 is 12.5. The number of hydrogen-bond acceptors (Lipinski definition) is 2. The summed E-state index contributed by atoms with van der Waals surface area (Å²) >= 11 is 3.48. The van der Waals surface area contributed by atoms with Crippen LogP contribution >= 0.6 is 15.9 Å². The van der Waals surface area contributed by atoms with Crippen molar-refractivity contribution in [2.24, 2.45) is 5.92 Å². The lowest BCUT2D eigenvalue weighted by Gasteiger charge is -2.38. The Bertz CT molecular complexity index is 442. The van der Waals surface area contributed by atoms with Crippen molar-refractivity contribution in [2.75, 3.05) is 13.2 Å². The molecule has 0 radical (unpaired) electrons. The van der Waals surface area contributed by atoms with Crippen LogP contribution in [0.2, 0.25) is 0 Å². The molecular formula is C13H13BrO2. The Kier molecular flexibility index (Phi) is 2.52. The summed E-state index contributed by atoms with van der Waals surface area (Å²) in [6.07, 6.45) is 1.16. The molecule has 0 saturated carbocycles. The van der Waals surface area contributed by atoms with E-state index >= 15 is 0 Å². The maximum Gasteiger partial charge on any atom is 0.129 e. The van der Waals surface area contributed by atoms with Gasteiger partial charge in [-0.25, -0.2) is 0 Å². The molecule has 2 aliphatic heterocycles. The van der Waals surface area contributed by atoms with E-state index in [0.29, 0.717) is 12.5 Å². The summed E-state index contributed by atoms with van der Waals surface area (Å²) in [7, 11) is 0. The summed E-state index contributed by atoms with van der Waals surface area (Å²) in [5.41, 5.74) is 2.33. The molecule has 0 N–H and O–H groups in total. The van der Waals surface area contributed by atoms with E-state index < -0.39 is 0 Å². The number of ether oxygens (including phenoxy) is 2. The van der Waals surface area contributed by atoms with Gasteiger partial charge < -0.3 is 9.47 Å². The van der Waals surface area contributed by atoms with Crippen molar-refractivity contribution in [2.45, 2.75) is 12.5 Å². The molecular weight excluding hydrogens is 268 g/mol. The van der Waals surface area contributed by atoms with Crippen molar-refractivity contribution >= 4 is 21.5 Å². The molecule has 2 aliphatic rings. The van der Waals surface area contributed by atoms with Gasteiger partial charge in [-0.3, -0.25) is 0 Å². The Morgan fingerprint density at radius 2 is 2.25 bits per heavy atom. The zero-order valence-corrected chi connectivity index (χ0v) is 10.5. The Morgan fingerprint density at radius 1 is 1.38 bits per heavy atom. The largest absolute Gasteiger partial charge is 0.487 e. The van der Waals surface area contributed by atoms with Crippen LogP contribution in [0.1, 0.15) is 12.0 Å². The average Bonchev–Trinajstić information content (AvgIpc) is 2.31. The fraction of sp³-hybridized carbons (Fsp3) is 0.385.